The van der Waals surface area contributed by atoms with Gasteiger partial charge in [0.1, 0.15) is 24.5 Å². The molecule has 1 saturated carbocycles. The number of hydrogen-bond donors (Lipinski definition) is 0. The Balaban J connectivity index is 1.16. The zero-order chi connectivity index (χ0) is 30.9. The van der Waals surface area contributed by atoms with E-state index >= 15 is 0 Å². The number of aryl methyl sites for hydroxylation is 1. The average Bonchev–Trinajstić information content (AvgIpc) is 3.66. The quantitative estimate of drug-likeness (QED) is 0.381. The van der Waals surface area contributed by atoms with E-state index in [2.05, 4.69) is 14.5 Å². The number of pyridine rings is 1. The van der Waals surface area contributed by atoms with Crippen molar-refractivity contribution in [3.05, 3.63) is 76.6 Å². The van der Waals surface area contributed by atoms with Crippen LogP contribution in [-0.4, -0.2) is 86.1 Å². The maximum absolute atomic E-state index is 14.4. The summed E-state index contributed by atoms with van der Waals surface area (Å²) in [5.74, 6) is 1.02. The lowest BCUT2D eigenvalue weighted by atomic mass is 9.96. The predicted octanol–water partition coefficient (Wildman–Crippen LogP) is 5.23. The van der Waals surface area contributed by atoms with Crippen LogP contribution in [0.5, 0.6) is 5.75 Å². The molecule has 0 spiro atoms. The van der Waals surface area contributed by atoms with Gasteiger partial charge in [0.25, 0.3) is 0 Å². The fourth-order valence-electron chi connectivity index (χ4n) is 7.47. The number of carbonyl (C=O) groups is 2. The van der Waals surface area contributed by atoms with Crippen LogP contribution in [0.2, 0.25) is 5.02 Å². The van der Waals surface area contributed by atoms with E-state index in [1.165, 1.54) is 6.42 Å². The lowest BCUT2D eigenvalue weighted by molar-refractivity contribution is -0.138. The van der Waals surface area contributed by atoms with E-state index in [0.717, 1.165) is 61.2 Å². The molecule has 5 heterocycles. The molecule has 0 bridgehead atoms. The minimum absolute atomic E-state index is 0.0212. The van der Waals surface area contributed by atoms with Crippen molar-refractivity contribution in [2.75, 3.05) is 32.7 Å². The third-order valence-corrected chi connectivity index (χ3v) is 10.0. The third-order valence-electron chi connectivity index (χ3n) is 9.78. The summed E-state index contributed by atoms with van der Waals surface area (Å²) < 4.78 is 14.4. The highest BCUT2D eigenvalue weighted by Gasteiger charge is 2.44. The molecule has 3 atom stereocenters. The van der Waals surface area contributed by atoms with Crippen molar-refractivity contribution in [2.24, 2.45) is 5.92 Å². The number of halogens is 1. The highest BCUT2D eigenvalue weighted by atomic mass is 35.5. The Morgan fingerprint density at radius 3 is 2.73 bits per heavy atom. The van der Waals surface area contributed by atoms with Crippen molar-refractivity contribution < 1.29 is 19.1 Å². The van der Waals surface area contributed by atoms with Crippen LogP contribution < -0.4 is 4.74 Å². The number of ether oxygens (including phenoxy) is 2. The summed E-state index contributed by atoms with van der Waals surface area (Å²) in [5.41, 5.74) is 3.84. The molecule has 3 aliphatic heterocycles. The second kappa shape index (κ2) is 13.0. The Morgan fingerprint density at radius 2 is 1.91 bits per heavy atom. The van der Waals surface area contributed by atoms with Crippen molar-refractivity contribution >= 4 is 23.6 Å². The second-order valence-electron chi connectivity index (χ2n) is 12.9. The molecule has 1 aromatic carbocycles. The molecule has 2 amide bonds. The average molecular weight is 633 g/mol. The molecule has 2 saturated heterocycles. The molecule has 2 aromatic heterocycles. The molecular weight excluding hydrogens is 592 g/mol. The first-order valence-corrected chi connectivity index (χ1v) is 16.6. The number of rotatable bonds is 5. The number of hydrogen-bond acceptors (Lipinski definition) is 7. The normalized spacial score (nSPS) is 24.0. The maximum atomic E-state index is 14.4. The number of imidazole rings is 1. The van der Waals surface area contributed by atoms with E-state index < -0.39 is 6.04 Å². The van der Waals surface area contributed by atoms with Gasteiger partial charge < -0.3 is 18.9 Å². The maximum Gasteiger partial charge on any atom is 0.410 e. The van der Waals surface area contributed by atoms with Crippen molar-refractivity contribution in [3.8, 4) is 5.75 Å². The first-order chi connectivity index (χ1) is 21.9. The Labute approximate surface area is 269 Å². The van der Waals surface area contributed by atoms with Gasteiger partial charge in [0.2, 0.25) is 5.91 Å². The van der Waals surface area contributed by atoms with Gasteiger partial charge >= 0.3 is 6.09 Å². The topological polar surface area (TPSA) is 93.0 Å². The number of carbonyl (C=O) groups excluding carboxylic acids is 2. The fraction of sp³-hybridized carbons (Fsp3) is 0.529. The van der Waals surface area contributed by atoms with Crippen molar-refractivity contribution in [3.63, 3.8) is 0 Å². The number of aromatic nitrogens is 3. The van der Waals surface area contributed by atoms with Crippen LogP contribution in [0.25, 0.3) is 0 Å². The van der Waals surface area contributed by atoms with Gasteiger partial charge in [-0.2, -0.15) is 0 Å². The first-order valence-electron chi connectivity index (χ1n) is 16.3. The molecule has 45 heavy (non-hydrogen) atoms. The smallest absolute Gasteiger partial charge is 0.410 e. The lowest BCUT2D eigenvalue weighted by Gasteiger charge is -2.44. The number of benzene rings is 1. The van der Waals surface area contributed by atoms with Gasteiger partial charge in [-0.05, 0) is 63.1 Å². The van der Waals surface area contributed by atoms with Crippen LogP contribution in [0.3, 0.4) is 0 Å². The van der Waals surface area contributed by atoms with Crippen LogP contribution in [-0.2, 0) is 22.7 Å². The number of nitrogens with zero attached hydrogens (tertiary/aromatic N) is 6. The summed E-state index contributed by atoms with van der Waals surface area (Å²) in [4.78, 5) is 43.2. The van der Waals surface area contributed by atoms with Gasteiger partial charge in [-0.15, -0.1) is 0 Å². The van der Waals surface area contributed by atoms with Gasteiger partial charge in [0.05, 0.1) is 23.8 Å². The van der Waals surface area contributed by atoms with Gasteiger partial charge in [-0.1, -0.05) is 30.2 Å². The van der Waals surface area contributed by atoms with E-state index in [1.54, 1.807) is 11.1 Å². The molecule has 4 aliphatic rings. The predicted molar refractivity (Wildman–Crippen MR) is 169 cm³/mol. The molecule has 10 nitrogen and oxygen atoms in total. The fourth-order valence-corrected chi connectivity index (χ4v) is 7.64. The Bertz CT molecular complexity index is 1540. The van der Waals surface area contributed by atoms with E-state index in [9.17, 15) is 9.59 Å². The minimum Gasteiger partial charge on any atom is -0.488 e. The standard InChI is InChI=1S/C34H41ClN6O4/c1-23-17-38(22-37-23)18-24-11-13-40(19-24)33(42)29-20-39(14-15-41(29)34(43)45-27-7-3-2-4-8-27)32-28-10-9-26(35)16-30(28)44-21-25-6-5-12-36-31(25)32/h5-6,9-10,12,16-17,22,24,27,29,32H,2-4,7-8,11,13-15,18-21H2,1H3/t24-,29+,32+/m0/s1. The SMILES string of the molecule is Cc1cn(C[C@@H]2CCN(C(=O)[C@H]3CN([C@@H]4c5ccc(Cl)cc5OCc5cccnc54)CCN3C(=O)OC3CCCCC3)C2)cn1. The van der Waals surface area contributed by atoms with Gasteiger partial charge in [0.15, 0.2) is 0 Å². The molecule has 1 aliphatic carbocycles. The Kier molecular flexibility index (Phi) is 8.68. The van der Waals surface area contributed by atoms with Crippen molar-refractivity contribution in [1.29, 1.82) is 0 Å². The number of fused-ring (bicyclic) bond motifs is 2. The highest BCUT2D eigenvalue weighted by molar-refractivity contribution is 6.30. The number of amides is 2. The first kappa shape index (κ1) is 30.0. The van der Waals surface area contributed by atoms with Crippen molar-refractivity contribution in [1.82, 2.24) is 29.2 Å². The molecule has 0 radical (unpaired) electrons. The van der Waals surface area contributed by atoms with E-state index in [0.29, 0.717) is 56.0 Å². The van der Waals surface area contributed by atoms with Crippen molar-refractivity contribution in [2.45, 2.75) is 76.8 Å². The summed E-state index contributed by atoms with van der Waals surface area (Å²) >= 11 is 6.39. The number of likely N-dealkylation sites (tertiary alicyclic amines) is 1. The molecule has 0 N–H and O–H groups in total. The van der Waals surface area contributed by atoms with Crippen LogP contribution in [0, 0.1) is 12.8 Å². The second-order valence-corrected chi connectivity index (χ2v) is 13.4. The molecule has 238 valence electrons. The minimum atomic E-state index is -0.670. The zero-order valence-electron chi connectivity index (χ0n) is 25.8. The Hall–Kier alpha value is -3.63. The highest BCUT2D eigenvalue weighted by Crippen LogP contribution is 2.41. The van der Waals surface area contributed by atoms with Gasteiger partial charge in [-0.3, -0.25) is 19.6 Å². The van der Waals surface area contributed by atoms with Crippen LogP contribution in [0.15, 0.2) is 49.1 Å². The van der Waals surface area contributed by atoms with Gasteiger partial charge in [-0.25, -0.2) is 9.78 Å². The van der Waals surface area contributed by atoms with Gasteiger partial charge in [0, 0.05) is 67.8 Å². The summed E-state index contributed by atoms with van der Waals surface area (Å²) in [6.07, 6.45) is 11.2. The van der Waals surface area contributed by atoms with E-state index in [4.69, 9.17) is 26.1 Å². The largest absolute Gasteiger partial charge is 0.488 e. The monoisotopic (exact) mass is 632 g/mol. The molecule has 7 rings (SSSR count). The third kappa shape index (κ3) is 6.40. The molecule has 0 unspecified atom stereocenters. The summed E-state index contributed by atoms with van der Waals surface area (Å²) in [6.45, 7) is 5.82. The summed E-state index contributed by atoms with van der Waals surface area (Å²) in [7, 11) is 0. The van der Waals surface area contributed by atoms with Crippen LogP contribution >= 0.6 is 11.6 Å². The zero-order valence-corrected chi connectivity index (χ0v) is 26.6. The summed E-state index contributed by atoms with van der Waals surface area (Å²) in [6, 6.07) is 8.75. The van der Waals surface area contributed by atoms with Crippen LogP contribution in [0.1, 0.15) is 67.1 Å². The molecule has 11 heteroatoms. The van der Waals surface area contributed by atoms with E-state index in [-0.39, 0.29) is 24.1 Å². The van der Waals surface area contributed by atoms with E-state index in [1.807, 2.05) is 54.7 Å². The van der Waals surface area contributed by atoms with Crippen LogP contribution in [0.4, 0.5) is 4.79 Å². The number of piperazine rings is 1. The summed E-state index contributed by atoms with van der Waals surface area (Å²) in [5, 5.41) is 0.601. The Morgan fingerprint density at radius 1 is 1.04 bits per heavy atom. The molecule has 3 aromatic rings. The molecular formula is C34H41ClN6O4. The molecule has 3 fully saturated rings. The lowest BCUT2D eigenvalue weighted by Crippen LogP contribution is -2.61.